The zero-order chi connectivity index (χ0) is 20.4. The number of amides is 1. The minimum Gasteiger partial charge on any atom is -0.477 e. The van der Waals surface area contributed by atoms with Crippen LogP contribution in [0.15, 0.2) is 30.0 Å². The zero-order valence-electron chi connectivity index (χ0n) is 15.5. The first-order valence-electron chi connectivity index (χ1n) is 8.23. The van der Waals surface area contributed by atoms with Crippen LogP contribution in [-0.2, 0) is 16.1 Å². The lowest BCUT2D eigenvalue weighted by Crippen LogP contribution is -2.36. The quantitative estimate of drug-likeness (QED) is 0.760. The molecular weight excluding hydrogens is 373 g/mol. The van der Waals surface area contributed by atoms with Crippen LogP contribution >= 0.6 is 11.6 Å². The molecule has 2 aromatic rings. The molecule has 6 nitrogen and oxygen atoms in total. The van der Waals surface area contributed by atoms with Crippen molar-refractivity contribution in [3.05, 3.63) is 57.8 Å². The molecule has 8 heteroatoms. The largest absolute Gasteiger partial charge is 0.477 e. The summed E-state index contributed by atoms with van der Waals surface area (Å²) in [5, 5.41) is 16.4. The summed E-state index contributed by atoms with van der Waals surface area (Å²) in [6.45, 7) is 7.02. The van der Waals surface area contributed by atoms with Crippen molar-refractivity contribution in [3.63, 3.8) is 0 Å². The van der Waals surface area contributed by atoms with Crippen LogP contribution in [0.1, 0.15) is 37.6 Å². The Morgan fingerprint density at radius 2 is 1.89 bits per heavy atom. The number of halogens is 2. The van der Waals surface area contributed by atoms with Crippen LogP contribution in [0.25, 0.3) is 6.08 Å². The first kappa shape index (κ1) is 20.6. The third-order valence-electron chi connectivity index (χ3n) is 3.80. The number of carbonyl (C=O) groups excluding carboxylic acids is 1. The molecule has 0 aliphatic rings. The van der Waals surface area contributed by atoms with Crippen molar-refractivity contribution in [2.24, 2.45) is 5.41 Å². The van der Waals surface area contributed by atoms with E-state index in [0.29, 0.717) is 17.8 Å². The predicted molar refractivity (Wildman–Crippen MR) is 101 cm³/mol. The maximum Gasteiger partial charge on any atom is 0.352 e. The lowest BCUT2D eigenvalue weighted by molar-refractivity contribution is -0.136. The molecule has 0 saturated heterocycles. The normalized spacial score (nSPS) is 12.1. The third-order valence-corrected chi connectivity index (χ3v) is 4.20. The molecule has 0 atom stereocenters. The van der Waals surface area contributed by atoms with E-state index < -0.39 is 17.3 Å². The van der Waals surface area contributed by atoms with Crippen molar-refractivity contribution >= 4 is 29.6 Å². The SMILES string of the molecule is Cc1nn(Cc2ccc(F)cc2)c(Cl)c1/C=C(\NC(=O)C(C)(C)C)C(=O)O. The highest BCUT2D eigenvalue weighted by Crippen LogP contribution is 2.24. The van der Waals surface area contributed by atoms with E-state index >= 15 is 0 Å². The maximum atomic E-state index is 13.0. The number of aliphatic carboxylic acids is 1. The number of nitrogens with one attached hydrogen (secondary N) is 1. The van der Waals surface area contributed by atoms with Crippen molar-refractivity contribution in [2.45, 2.75) is 34.2 Å². The van der Waals surface area contributed by atoms with E-state index in [-0.39, 0.29) is 16.7 Å². The summed E-state index contributed by atoms with van der Waals surface area (Å²) in [5.74, 6) is -2.05. The molecule has 0 bridgehead atoms. The predicted octanol–water partition coefficient (Wildman–Crippen LogP) is 3.62. The van der Waals surface area contributed by atoms with E-state index in [1.165, 1.54) is 22.9 Å². The highest BCUT2D eigenvalue weighted by atomic mass is 35.5. The molecule has 0 radical (unpaired) electrons. The monoisotopic (exact) mass is 393 g/mol. The fourth-order valence-corrected chi connectivity index (χ4v) is 2.49. The first-order chi connectivity index (χ1) is 12.5. The molecule has 0 unspecified atom stereocenters. The van der Waals surface area contributed by atoms with Crippen LogP contribution in [0.3, 0.4) is 0 Å². The van der Waals surface area contributed by atoms with Crippen LogP contribution in [0, 0.1) is 18.2 Å². The average molecular weight is 394 g/mol. The Bertz CT molecular complexity index is 896. The molecule has 2 rings (SSSR count). The second kappa shape index (κ2) is 7.92. The van der Waals surface area contributed by atoms with E-state index in [1.807, 2.05) is 0 Å². The summed E-state index contributed by atoms with van der Waals surface area (Å²) in [6, 6.07) is 5.91. The number of carbonyl (C=O) groups is 2. The first-order valence-corrected chi connectivity index (χ1v) is 8.60. The minimum absolute atomic E-state index is 0.223. The van der Waals surface area contributed by atoms with Gasteiger partial charge in [-0.05, 0) is 30.7 Å². The lowest BCUT2D eigenvalue weighted by atomic mass is 9.95. The van der Waals surface area contributed by atoms with Gasteiger partial charge in [0.25, 0.3) is 0 Å². The summed E-state index contributed by atoms with van der Waals surface area (Å²) in [4.78, 5) is 23.6. The topological polar surface area (TPSA) is 84.2 Å². The minimum atomic E-state index is -1.28. The average Bonchev–Trinajstić information content (AvgIpc) is 2.82. The van der Waals surface area contributed by atoms with Crippen LogP contribution in [0.5, 0.6) is 0 Å². The molecule has 27 heavy (non-hydrogen) atoms. The number of carboxylic acid groups (broad SMARTS) is 1. The van der Waals surface area contributed by atoms with E-state index in [1.54, 1.807) is 39.8 Å². The van der Waals surface area contributed by atoms with Gasteiger partial charge in [0, 0.05) is 11.0 Å². The van der Waals surface area contributed by atoms with Crippen LogP contribution in [-0.4, -0.2) is 26.8 Å². The Hall–Kier alpha value is -2.67. The molecule has 1 aromatic carbocycles. The van der Waals surface area contributed by atoms with Gasteiger partial charge in [-0.3, -0.25) is 4.79 Å². The molecule has 0 aliphatic carbocycles. The molecule has 1 aromatic heterocycles. The second-order valence-electron chi connectivity index (χ2n) is 7.14. The molecule has 0 spiro atoms. The molecule has 0 fully saturated rings. The van der Waals surface area contributed by atoms with Gasteiger partial charge in [-0.25, -0.2) is 13.9 Å². The van der Waals surface area contributed by atoms with Crippen LogP contribution < -0.4 is 5.32 Å². The highest BCUT2D eigenvalue weighted by molar-refractivity contribution is 6.31. The number of nitrogens with zero attached hydrogens (tertiary/aromatic N) is 2. The Labute approximate surface area is 161 Å². The molecule has 0 saturated carbocycles. The summed E-state index contributed by atoms with van der Waals surface area (Å²) in [7, 11) is 0. The summed E-state index contributed by atoms with van der Waals surface area (Å²) < 4.78 is 14.5. The number of carboxylic acids is 1. The van der Waals surface area contributed by atoms with E-state index in [9.17, 15) is 19.1 Å². The van der Waals surface area contributed by atoms with Gasteiger partial charge in [-0.15, -0.1) is 0 Å². The summed E-state index contributed by atoms with van der Waals surface area (Å²) in [5.41, 5.74) is 0.647. The molecule has 1 heterocycles. The van der Waals surface area contributed by atoms with Gasteiger partial charge in [0.2, 0.25) is 5.91 Å². The van der Waals surface area contributed by atoms with Gasteiger partial charge in [0.15, 0.2) is 0 Å². The van der Waals surface area contributed by atoms with E-state index in [2.05, 4.69) is 10.4 Å². The number of rotatable bonds is 5. The van der Waals surface area contributed by atoms with Crippen LogP contribution in [0.4, 0.5) is 4.39 Å². The number of aromatic nitrogens is 2. The fraction of sp³-hybridized carbons (Fsp3) is 0.316. The van der Waals surface area contributed by atoms with Gasteiger partial charge in [0.05, 0.1) is 12.2 Å². The molecule has 1 amide bonds. The maximum absolute atomic E-state index is 13.0. The van der Waals surface area contributed by atoms with Gasteiger partial charge in [-0.2, -0.15) is 5.10 Å². The Morgan fingerprint density at radius 3 is 2.41 bits per heavy atom. The Morgan fingerprint density at radius 1 is 1.30 bits per heavy atom. The van der Waals surface area contributed by atoms with E-state index in [0.717, 1.165) is 5.56 Å². The standard InChI is InChI=1S/C19H21ClFN3O3/c1-11-14(9-15(17(25)26)22-18(27)19(2,3)4)16(20)24(23-11)10-12-5-7-13(21)8-6-12/h5-9H,10H2,1-4H3,(H,22,27)(H,25,26)/b15-9-. The van der Waals surface area contributed by atoms with Crippen molar-refractivity contribution in [1.29, 1.82) is 0 Å². The number of hydrogen-bond donors (Lipinski definition) is 2. The van der Waals surface area contributed by atoms with Crippen molar-refractivity contribution in [1.82, 2.24) is 15.1 Å². The van der Waals surface area contributed by atoms with Crippen molar-refractivity contribution in [2.75, 3.05) is 0 Å². The number of aryl methyl sites for hydroxylation is 1. The highest BCUT2D eigenvalue weighted by Gasteiger charge is 2.24. The Kier molecular flexibility index (Phi) is 6.05. The van der Waals surface area contributed by atoms with Crippen molar-refractivity contribution in [3.8, 4) is 0 Å². The second-order valence-corrected chi connectivity index (χ2v) is 7.50. The third kappa shape index (κ3) is 5.17. The molecule has 0 aliphatic heterocycles. The Balaban J connectivity index is 2.35. The lowest BCUT2D eigenvalue weighted by Gasteiger charge is -2.17. The summed E-state index contributed by atoms with van der Waals surface area (Å²) >= 11 is 6.36. The summed E-state index contributed by atoms with van der Waals surface area (Å²) in [6.07, 6.45) is 1.29. The molecule has 2 N–H and O–H groups in total. The van der Waals surface area contributed by atoms with Gasteiger partial charge < -0.3 is 10.4 Å². The van der Waals surface area contributed by atoms with Gasteiger partial charge in [-0.1, -0.05) is 44.5 Å². The number of benzene rings is 1. The van der Waals surface area contributed by atoms with Gasteiger partial charge in [0.1, 0.15) is 16.7 Å². The molecule has 144 valence electrons. The zero-order valence-corrected chi connectivity index (χ0v) is 16.3. The van der Waals surface area contributed by atoms with Gasteiger partial charge >= 0.3 is 5.97 Å². The van der Waals surface area contributed by atoms with E-state index in [4.69, 9.17) is 11.6 Å². The van der Waals surface area contributed by atoms with Crippen molar-refractivity contribution < 1.29 is 19.1 Å². The fourth-order valence-electron chi connectivity index (χ4n) is 2.20. The molecular formula is C19H21ClFN3O3. The smallest absolute Gasteiger partial charge is 0.352 e. The van der Waals surface area contributed by atoms with Crippen LogP contribution in [0.2, 0.25) is 5.15 Å². The number of hydrogen-bond acceptors (Lipinski definition) is 3.